The lowest BCUT2D eigenvalue weighted by molar-refractivity contribution is 0.122. The second-order valence-electron chi connectivity index (χ2n) is 6.04. The predicted molar refractivity (Wildman–Crippen MR) is 97.9 cm³/mol. The Labute approximate surface area is 144 Å². The maximum atomic E-state index is 5.40. The molecule has 1 aliphatic rings. The van der Waals surface area contributed by atoms with Gasteiger partial charge in [-0.25, -0.2) is 0 Å². The molecule has 2 aromatic rings. The van der Waals surface area contributed by atoms with E-state index in [9.17, 15) is 0 Å². The van der Waals surface area contributed by atoms with Gasteiger partial charge in [0.2, 0.25) is 0 Å². The van der Waals surface area contributed by atoms with Crippen LogP contribution in [0.3, 0.4) is 0 Å². The molecule has 1 aliphatic heterocycles. The second-order valence-corrected chi connectivity index (χ2v) is 6.04. The number of rotatable bonds is 7. The van der Waals surface area contributed by atoms with Crippen molar-refractivity contribution in [2.24, 2.45) is 0 Å². The molecule has 1 N–H and O–H groups in total. The van der Waals surface area contributed by atoms with Crippen molar-refractivity contribution in [2.45, 2.75) is 13.0 Å². The first-order valence-electron chi connectivity index (χ1n) is 8.60. The summed E-state index contributed by atoms with van der Waals surface area (Å²) in [6, 6.07) is 17.1. The normalized spacial score (nSPS) is 14.6. The topological polar surface area (TPSA) is 33.7 Å². The summed E-state index contributed by atoms with van der Waals surface area (Å²) >= 11 is 0. The molecule has 3 rings (SSSR count). The lowest BCUT2D eigenvalue weighted by atomic mass is 10.1. The Morgan fingerprint density at radius 1 is 0.958 bits per heavy atom. The third-order valence-corrected chi connectivity index (χ3v) is 4.39. The van der Waals surface area contributed by atoms with Gasteiger partial charge in [-0.2, -0.15) is 0 Å². The summed E-state index contributed by atoms with van der Waals surface area (Å²) < 4.78 is 10.6. The van der Waals surface area contributed by atoms with Gasteiger partial charge in [0.1, 0.15) is 5.75 Å². The molecule has 4 heteroatoms. The Morgan fingerprint density at radius 2 is 1.62 bits per heavy atom. The van der Waals surface area contributed by atoms with Crippen molar-refractivity contribution in [1.29, 1.82) is 0 Å². The quantitative estimate of drug-likeness (QED) is 0.793. The van der Waals surface area contributed by atoms with Gasteiger partial charge in [-0.1, -0.05) is 24.3 Å². The van der Waals surface area contributed by atoms with Crippen molar-refractivity contribution < 1.29 is 9.47 Å². The smallest absolute Gasteiger partial charge is 0.118 e. The van der Waals surface area contributed by atoms with E-state index in [2.05, 4.69) is 46.6 Å². The van der Waals surface area contributed by atoms with E-state index in [0.717, 1.165) is 51.6 Å². The van der Waals surface area contributed by atoms with Crippen molar-refractivity contribution in [2.75, 3.05) is 44.9 Å². The predicted octanol–water partition coefficient (Wildman–Crippen LogP) is 2.86. The van der Waals surface area contributed by atoms with Crippen LogP contribution < -0.4 is 15.0 Å². The SMILES string of the molecule is COc1ccc(CCNCc2ccc(N3CCOCC3)cc2)cc1. The van der Waals surface area contributed by atoms with Crippen LogP contribution in [0.2, 0.25) is 0 Å². The lowest BCUT2D eigenvalue weighted by Gasteiger charge is -2.28. The number of morpholine rings is 1. The summed E-state index contributed by atoms with van der Waals surface area (Å²) in [5.74, 6) is 0.909. The van der Waals surface area contributed by atoms with Gasteiger partial charge >= 0.3 is 0 Å². The van der Waals surface area contributed by atoms with E-state index in [4.69, 9.17) is 9.47 Å². The molecular formula is C20H26N2O2. The zero-order valence-corrected chi connectivity index (χ0v) is 14.3. The number of methoxy groups -OCH3 is 1. The number of hydrogen-bond donors (Lipinski definition) is 1. The average Bonchev–Trinajstić information content (AvgIpc) is 2.67. The van der Waals surface area contributed by atoms with Crippen LogP contribution in [-0.2, 0) is 17.7 Å². The largest absolute Gasteiger partial charge is 0.497 e. The first kappa shape index (κ1) is 16.8. The lowest BCUT2D eigenvalue weighted by Crippen LogP contribution is -2.36. The van der Waals surface area contributed by atoms with Crippen LogP contribution >= 0.6 is 0 Å². The molecule has 0 amide bonds. The van der Waals surface area contributed by atoms with E-state index < -0.39 is 0 Å². The van der Waals surface area contributed by atoms with Crippen molar-refractivity contribution in [3.8, 4) is 5.75 Å². The Kier molecular flexibility index (Phi) is 6.10. The molecule has 4 nitrogen and oxygen atoms in total. The van der Waals surface area contributed by atoms with Crippen molar-refractivity contribution in [1.82, 2.24) is 5.32 Å². The van der Waals surface area contributed by atoms with Crippen molar-refractivity contribution >= 4 is 5.69 Å². The third-order valence-electron chi connectivity index (χ3n) is 4.39. The molecule has 128 valence electrons. The van der Waals surface area contributed by atoms with Crippen LogP contribution in [-0.4, -0.2) is 40.0 Å². The van der Waals surface area contributed by atoms with Crippen LogP contribution in [0, 0.1) is 0 Å². The van der Waals surface area contributed by atoms with Crippen LogP contribution in [0.4, 0.5) is 5.69 Å². The molecule has 1 fully saturated rings. The van der Waals surface area contributed by atoms with E-state index in [-0.39, 0.29) is 0 Å². The maximum absolute atomic E-state index is 5.40. The highest BCUT2D eigenvalue weighted by atomic mass is 16.5. The first-order chi connectivity index (χ1) is 11.8. The zero-order valence-electron chi connectivity index (χ0n) is 14.3. The van der Waals surface area contributed by atoms with Gasteiger partial charge in [0, 0.05) is 25.3 Å². The summed E-state index contributed by atoms with van der Waals surface area (Å²) in [6.07, 6.45) is 1.02. The van der Waals surface area contributed by atoms with Crippen LogP contribution in [0.15, 0.2) is 48.5 Å². The van der Waals surface area contributed by atoms with Gasteiger partial charge in [0.15, 0.2) is 0 Å². The fourth-order valence-corrected chi connectivity index (χ4v) is 2.90. The Balaban J connectivity index is 1.41. The van der Waals surface area contributed by atoms with Gasteiger partial charge in [-0.05, 0) is 48.4 Å². The number of hydrogen-bond acceptors (Lipinski definition) is 4. The summed E-state index contributed by atoms with van der Waals surface area (Å²) in [6.45, 7) is 5.50. The molecule has 0 spiro atoms. The number of ether oxygens (including phenoxy) is 2. The molecule has 1 heterocycles. The maximum Gasteiger partial charge on any atom is 0.118 e. The van der Waals surface area contributed by atoms with E-state index in [0.29, 0.717) is 0 Å². The Morgan fingerprint density at radius 3 is 2.29 bits per heavy atom. The summed E-state index contributed by atoms with van der Waals surface area (Å²) in [7, 11) is 1.70. The van der Waals surface area contributed by atoms with Gasteiger partial charge in [-0.3, -0.25) is 0 Å². The fourth-order valence-electron chi connectivity index (χ4n) is 2.90. The highest BCUT2D eigenvalue weighted by Gasteiger charge is 2.10. The summed E-state index contributed by atoms with van der Waals surface area (Å²) in [4.78, 5) is 2.38. The molecule has 24 heavy (non-hydrogen) atoms. The van der Waals surface area contributed by atoms with Gasteiger partial charge in [0.05, 0.1) is 20.3 Å². The van der Waals surface area contributed by atoms with Crippen molar-refractivity contribution in [3.05, 3.63) is 59.7 Å². The van der Waals surface area contributed by atoms with E-state index in [1.807, 2.05) is 12.1 Å². The number of benzene rings is 2. The molecule has 0 radical (unpaired) electrons. The minimum absolute atomic E-state index is 0.828. The van der Waals surface area contributed by atoms with E-state index in [1.54, 1.807) is 7.11 Å². The minimum Gasteiger partial charge on any atom is -0.497 e. The van der Waals surface area contributed by atoms with Gasteiger partial charge in [0.25, 0.3) is 0 Å². The van der Waals surface area contributed by atoms with E-state index in [1.165, 1.54) is 16.8 Å². The Bertz CT molecular complexity index is 605. The van der Waals surface area contributed by atoms with Crippen molar-refractivity contribution in [3.63, 3.8) is 0 Å². The first-order valence-corrected chi connectivity index (χ1v) is 8.60. The standard InChI is InChI=1S/C20H26N2O2/c1-23-20-8-4-17(5-9-20)10-11-21-16-18-2-6-19(7-3-18)22-12-14-24-15-13-22/h2-9,21H,10-16H2,1H3. The molecule has 0 atom stereocenters. The van der Waals surface area contributed by atoms with Crippen LogP contribution in [0.5, 0.6) is 5.75 Å². The minimum atomic E-state index is 0.828. The van der Waals surface area contributed by atoms with Crippen LogP contribution in [0.25, 0.3) is 0 Å². The molecule has 1 saturated heterocycles. The molecule has 2 aromatic carbocycles. The highest BCUT2D eigenvalue weighted by molar-refractivity contribution is 5.47. The average molecular weight is 326 g/mol. The Hall–Kier alpha value is -2.04. The molecule has 0 saturated carbocycles. The number of anilines is 1. The summed E-state index contributed by atoms with van der Waals surface area (Å²) in [5.41, 5.74) is 3.94. The monoisotopic (exact) mass is 326 g/mol. The van der Waals surface area contributed by atoms with E-state index >= 15 is 0 Å². The highest BCUT2D eigenvalue weighted by Crippen LogP contribution is 2.16. The fraction of sp³-hybridized carbons (Fsp3) is 0.400. The molecule has 0 bridgehead atoms. The number of nitrogens with zero attached hydrogens (tertiary/aromatic N) is 1. The molecule has 0 aliphatic carbocycles. The van der Waals surface area contributed by atoms with Gasteiger partial charge in [-0.15, -0.1) is 0 Å². The molecule has 0 unspecified atom stereocenters. The zero-order chi connectivity index (χ0) is 16.6. The third kappa shape index (κ3) is 4.73. The van der Waals surface area contributed by atoms with Crippen LogP contribution in [0.1, 0.15) is 11.1 Å². The number of nitrogens with one attached hydrogen (secondary N) is 1. The van der Waals surface area contributed by atoms with Gasteiger partial charge < -0.3 is 19.7 Å². The second kappa shape index (κ2) is 8.71. The summed E-state index contributed by atoms with van der Waals surface area (Å²) in [5, 5.41) is 3.51. The molecular weight excluding hydrogens is 300 g/mol. The molecule has 0 aromatic heterocycles.